The van der Waals surface area contributed by atoms with Crippen molar-refractivity contribution in [3.05, 3.63) is 69.5 Å². The summed E-state index contributed by atoms with van der Waals surface area (Å²) in [5.74, 6) is -0.759. The Labute approximate surface area is 161 Å². The topological polar surface area (TPSA) is 40.6 Å². The van der Waals surface area contributed by atoms with Crippen molar-refractivity contribution in [3.8, 4) is 0 Å². The third-order valence-electron chi connectivity index (χ3n) is 4.38. The molecule has 2 aromatic carbocycles. The summed E-state index contributed by atoms with van der Waals surface area (Å²) in [5, 5.41) is 0.927. The number of rotatable bonds is 3. The number of benzene rings is 2. The van der Waals surface area contributed by atoms with Gasteiger partial charge in [0.2, 0.25) is 5.91 Å². The first-order valence-electron chi connectivity index (χ1n) is 8.21. The summed E-state index contributed by atoms with van der Waals surface area (Å²) < 4.78 is 13.3. The van der Waals surface area contributed by atoms with Gasteiger partial charge >= 0.3 is 0 Å². The predicted octanol–water partition coefficient (Wildman–Crippen LogP) is 3.66. The minimum atomic E-state index is -0.443. The van der Waals surface area contributed by atoms with Gasteiger partial charge in [-0.05, 0) is 35.9 Å². The van der Waals surface area contributed by atoms with E-state index < -0.39 is 5.82 Å². The van der Waals surface area contributed by atoms with Crippen molar-refractivity contribution >= 4 is 35.0 Å². The molecular formula is C19H17Cl2FN2O2. The number of carbonyl (C=O) groups is 2. The molecule has 0 aromatic heterocycles. The third-order valence-corrected chi connectivity index (χ3v) is 5.09. The average molecular weight is 395 g/mol. The van der Waals surface area contributed by atoms with Gasteiger partial charge in [0, 0.05) is 41.8 Å². The van der Waals surface area contributed by atoms with Gasteiger partial charge in [0.15, 0.2) is 0 Å². The third kappa shape index (κ3) is 4.17. The van der Waals surface area contributed by atoms with Crippen LogP contribution in [-0.2, 0) is 11.2 Å². The molecule has 1 aliphatic rings. The standard InChI is InChI=1S/C19H17Cl2FN2O2/c20-16-5-2-6-17(21)15(16)12-18(25)23-7-9-24(10-8-23)19(26)13-3-1-4-14(22)11-13/h1-6,11H,7-10,12H2. The van der Waals surface area contributed by atoms with Crippen molar-refractivity contribution in [2.75, 3.05) is 26.2 Å². The van der Waals surface area contributed by atoms with Crippen molar-refractivity contribution in [1.29, 1.82) is 0 Å². The SMILES string of the molecule is O=C(Cc1c(Cl)cccc1Cl)N1CCN(C(=O)c2cccc(F)c2)CC1. The van der Waals surface area contributed by atoms with Crippen LogP contribution in [0.1, 0.15) is 15.9 Å². The maximum Gasteiger partial charge on any atom is 0.254 e. The smallest absolute Gasteiger partial charge is 0.254 e. The van der Waals surface area contributed by atoms with Crippen molar-refractivity contribution < 1.29 is 14.0 Å². The van der Waals surface area contributed by atoms with Gasteiger partial charge in [-0.1, -0.05) is 35.3 Å². The summed E-state index contributed by atoms with van der Waals surface area (Å²) in [5.41, 5.74) is 0.923. The summed E-state index contributed by atoms with van der Waals surface area (Å²) >= 11 is 12.2. The Kier molecular flexibility index (Phi) is 5.79. The molecule has 0 N–H and O–H groups in total. The zero-order chi connectivity index (χ0) is 18.7. The molecule has 0 saturated carbocycles. The number of nitrogens with zero attached hydrogens (tertiary/aromatic N) is 2. The van der Waals surface area contributed by atoms with Gasteiger partial charge in [0.25, 0.3) is 5.91 Å². The van der Waals surface area contributed by atoms with Gasteiger partial charge in [-0.2, -0.15) is 0 Å². The minimum absolute atomic E-state index is 0.0853. The Morgan fingerprint density at radius 1 is 0.923 bits per heavy atom. The normalized spacial score (nSPS) is 14.4. The fourth-order valence-corrected chi connectivity index (χ4v) is 3.46. The van der Waals surface area contributed by atoms with Crippen molar-refractivity contribution in [3.63, 3.8) is 0 Å². The van der Waals surface area contributed by atoms with E-state index in [9.17, 15) is 14.0 Å². The van der Waals surface area contributed by atoms with E-state index in [-0.39, 0.29) is 18.2 Å². The van der Waals surface area contributed by atoms with E-state index in [4.69, 9.17) is 23.2 Å². The second-order valence-corrected chi connectivity index (χ2v) is 6.87. The summed E-state index contributed by atoms with van der Waals surface area (Å²) in [6.45, 7) is 1.64. The summed E-state index contributed by atoms with van der Waals surface area (Å²) in [6.07, 6.45) is 0.121. The zero-order valence-corrected chi connectivity index (χ0v) is 15.4. The van der Waals surface area contributed by atoms with Crippen LogP contribution >= 0.6 is 23.2 Å². The van der Waals surface area contributed by atoms with E-state index in [1.165, 1.54) is 18.2 Å². The number of hydrogen-bond donors (Lipinski definition) is 0. The van der Waals surface area contributed by atoms with E-state index in [0.717, 1.165) is 0 Å². The minimum Gasteiger partial charge on any atom is -0.339 e. The molecule has 0 radical (unpaired) electrons. The molecule has 0 aliphatic carbocycles. The monoisotopic (exact) mass is 394 g/mol. The zero-order valence-electron chi connectivity index (χ0n) is 13.9. The van der Waals surface area contributed by atoms with Crippen LogP contribution in [0.3, 0.4) is 0 Å². The van der Waals surface area contributed by atoms with Crippen molar-refractivity contribution in [2.24, 2.45) is 0 Å². The lowest BCUT2D eigenvalue weighted by atomic mass is 10.1. The largest absolute Gasteiger partial charge is 0.339 e. The summed E-state index contributed by atoms with van der Waals surface area (Å²) in [7, 11) is 0. The first kappa shape index (κ1) is 18.7. The lowest BCUT2D eigenvalue weighted by Crippen LogP contribution is -2.51. The van der Waals surface area contributed by atoms with E-state index >= 15 is 0 Å². The Bertz CT molecular complexity index is 816. The van der Waals surface area contributed by atoms with E-state index in [2.05, 4.69) is 0 Å². The molecule has 0 bridgehead atoms. The fraction of sp³-hybridized carbons (Fsp3) is 0.263. The van der Waals surface area contributed by atoms with Crippen LogP contribution in [0.4, 0.5) is 4.39 Å². The number of carbonyl (C=O) groups excluding carboxylic acids is 2. The molecule has 136 valence electrons. The molecule has 3 rings (SSSR count). The van der Waals surface area contributed by atoms with Gasteiger partial charge in [0.1, 0.15) is 5.82 Å². The van der Waals surface area contributed by atoms with Gasteiger partial charge in [0.05, 0.1) is 6.42 Å². The van der Waals surface area contributed by atoms with Gasteiger partial charge in [-0.25, -0.2) is 4.39 Å². The van der Waals surface area contributed by atoms with Crippen LogP contribution in [-0.4, -0.2) is 47.8 Å². The highest BCUT2D eigenvalue weighted by atomic mass is 35.5. The molecule has 1 aliphatic heterocycles. The molecule has 7 heteroatoms. The van der Waals surface area contributed by atoms with Gasteiger partial charge < -0.3 is 9.80 Å². The average Bonchev–Trinajstić information content (AvgIpc) is 2.64. The number of halogens is 3. The van der Waals surface area contributed by atoms with Gasteiger partial charge in [-0.3, -0.25) is 9.59 Å². The highest BCUT2D eigenvalue weighted by molar-refractivity contribution is 6.36. The van der Waals surface area contributed by atoms with E-state index in [1.807, 2.05) is 0 Å². The van der Waals surface area contributed by atoms with Crippen LogP contribution in [0.2, 0.25) is 10.0 Å². The molecule has 26 heavy (non-hydrogen) atoms. The Balaban J connectivity index is 1.60. The first-order valence-corrected chi connectivity index (χ1v) is 8.97. The first-order chi connectivity index (χ1) is 12.5. The van der Waals surface area contributed by atoms with E-state index in [1.54, 1.807) is 34.1 Å². The van der Waals surface area contributed by atoms with Gasteiger partial charge in [-0.15, -0.1) is 0 Å². The molecule has 0 unspecified atom stereocenters. The lowest BCUT2D eigenvalue weighted by molar-refractivity contribution is -0.131. The van der Waals surface area contributed by atoms with Crippen LogP contribution < -0.4 is 0 Å². The van der Waals surface area contributed by atoms with Crippen LogP contribution in [0.15, 0.2) is 42.5 Å². The molecule has 2 amide bonds. The molecule has 0 spiro atoms. The Morgan fingerprint density at radius 3 is 2.12 bits per heavy atom. The summed E-state index contributed by atoms with van der Waals surface area (Å²) in [6, 6.07) is 10.7. The van der Waals surface area contributed by atoms with Crippen LogP contribution in [0.5, 0.6) is 0 Å². The van der Waals surface area contributed by atoms with Crippen molar-refractivity contribution in [1.82, 2.24) is 9.80 Å². The quantitative estimate of drug-likeness (QED) is 0.796. The molecule has 1 fully saturated rings. The highest BCUT2D eigenvalue weighted by Crippen LogP contribution is 2.25. The second-order valence-electron chi connectivity index (χ2n) is 6.06. The number of piperazine rings is 1. The van der Waals surface area contributed by atoms with Crippen molar-refractivity contribution in [2.45, 2.75) is 6.42 Å². The molecule has 4 nitrogen and oxygen atoms in total. The maximum absolute atomic E-state index is 13.3. The highest BCUT2D eigenvalue weighted by Gasteiger charge is 2.25. The molecule has 0 atom stereocenters. The van der Waals surface area contributed by atoms with Crippen LogP contribution in [0, 0.1) is 5.82 Å². The fourth-order valence-electron chi connectivity index (χ4n) is 2.93. The van der Waals surface area contributed by atoms with E-state index in [0.29, 0.717) is 47.4 Å². The molecule has 1 heterocycles. The Hall–Kier alpha value is -2.11. The Morgan fingerprint density at radius 2 is 1.50 bits per heavy atom. The van der Waals surface area contributed by atoms with Crippen LogP contribution in [0.25, 0.3) is 0 Å². The molecule has 1 saturated heterocycles. The predicted molar refractivity (Wildman–Crippen MR) is 99.0 cm³/mol. The number of hydrogen-bond acceptors (Lipinski definition) is 2. The maximum atomic E-state index is 13.3. The lowest BCUT2D eigenvalue weighted by Gasteiger charge is -2.35. The molecule has 2 aromatic rings. The number of amides is 2. The molecular weight excluding hydrogens is 378 g/mol. The second kappa shape index (κ2) is 8.06. The summed E-state index contributed by atoms with van der Waals surface area (Å²) in [4.78, 5) is 28.3.